The van der Waals surface area contributed by atoms with Crippen molar-refractivity contribution in [2.24, 2.45) is 0 Å². The number of methoxy groups -OCH3 is 1. The fraction of sp³-hybridized carbons (Fsp3) is 0.500. The summed E-state index contributed by atoms with van der Waals surface area (Å²) in [5.74, 6) is 1.50. The van der Waals surface area contributed by atoms with E-state index in [1.165, 1.54) is 6.33 Å². The Kier molecular flexibility index (Phi) is 2.80. The molecule has 0 spiro atoms. The largest absolute Gasteiger partial charge is 0.479 e. The highest BCUT2D eigenvalue weighted by Gasteiger charge is 2.08. The van der Waals surface area contributed by atoms with Crippen LogP contribution < -0.4 is 4.74 Å². The third-order valence-electron chi connectivity index (χ3n) is 2.26. The van der Waals surface area contributed by atoms with E-state index < -0.39 is 0 Å². The van der Waals surface area contributed by atoms with Crippen LogP contribution in [0.1, 0.15) is 25.6 Å². The number of nitrogens with one attached hydrogen (secondary N) is 1. The molecule has 0 fully saturated rings. The first kappa shape index (κ1) is 9.89. The van der Waals surface area contributed by atoms with Crippen LogP contribution in [-0.2, 0) is 6.42 Å². The highest BCUT2D eigenvalue weighted by atomic mass is 16.5. The van der Waals surface area contributed by atoms with E-state index >= 15 is 0 Å². The highest BCUT2D eigenvalue weighted by molar-refractivity contribution is 5.75. The fourth-order valence-corrected chi connectivity index (χ4v) is 1.47. The summed E-state index contributed by atoms with van der Waals surface area (Å²) in [4.78, 5) is 15.7. The Hall–Kier alpha value is -1.65. The predicted octanol–water partition coefficient (Wildman–Crippen LogP) is 1.70. The number of imidazole rings is 1. The number of rotatable bonds is 4. The van der Waals surface area contributed by atoms with Crippen molar-refractivity contribution < 1.29 is 4.74 Å². The minimum atomic E-state index is 0.551. The van der Waals surface area contributed by atoms with E-state index in [1.54, 1.807) is 7.11 Å². The maximum absolute atomic E-state index is 5.12. The molecule has 0 amide bonds. The Labute approximate surface area is 87.9 Å². The van der Waals surface area contributed by atoms with Gasteiger partial charge in [-0.3, -0.25) is 0 Å². The molecule has 15 heavy (non-hydrogen) atoms. The van der Waals surface area contributed by atoms with Gasteiger partial charge in [-0.2, -0.15) is 4.98 Å². The molecule has 0 aliphatic carbocycles. The number of aromatic nitrogens is 4. The molecule has 2 rings (SSSR count). The third-order valence-corrected chi connectivity index (χ3v) is 2.26. The number of unbranched alkanes of at least 4 members (excludes halogenated alkanes) is 1. The van der Waals surface area contributed by atoms with Crippen LogP contribution in [0.2, 0.25) is 0 Å². The van der Waals surface area contributed by atoms with Crippen LogP contribution in [0.4, 0.5) is 0 Å². The number of aryl methyl sites for hydroxylation is 1. The first-order valence-corrected chi connectivity index (χ1v) is 5.08. The highest BCUT2D eigenvalue weighted by Crippen LogP contribution is 2.18. The number of aromatic amines is 1. The van der Waals surface area contributed by atoms with Crippen LogP contribution in [0.25, 0.3) is 11.2 Å². The van der Waals surface area contributed by atoms with Gasteiger partial charge in [0.1, 0.15) is 17.7 Å². The summed E-state index contributed by atoms with van der Waals surface area (Å²) < 4.78 is 5.12. The zero-order valence-corrected chi connectivity index (χ0v) is 8.95. The molecule has 5 heteroatoms. The maximum atomic E-state index is 5.12. The van der Waals surface area contributed by atoms with Gasteiger partial charge in [0.2, 0.25) is 5.88 Å². The molecule has 0 bridgehead atoms. The second-order valence-corrected chi connectivity index (χ2v) is 3.37. The molecule has 80 valence electrons. The van der Waals surface area contributed by atoms with Crippen LogP contribution >= 0.6 is 0 Å². The number of fused-ring (bicyclic) bond motifs is 1. The van der Waals surface area contributed by atoms with E-state index in [1.807, 2.05) is 0 Å². The van der Waals surface area contributed by atoms with Crippen molar-refractivity contribution in [3.05, 3.63) is 12.2 Å². The average Bonchev–Trinajstić information content (AvgIpc) is 2.68. The summed E-state index contributed by atoms with van der Waals surface area (Å²) in [7, 11) is 1.59. The Bertz CT molecular complexity index is 452. The van der Waals surface area contributed by atoms with Crippen LogP contribution in [0.3, 0.4) is 0 Å². The molecule has 0 aliphatic heterocycles. The second-order valence-electron chi connectivity index (χ2n) is 3.37. The molecule has 0 radical (unpaired) electrons. The minimum absolute atomic E-state index is 0.551. The normalized spacial score (nSPS) is 10.8. The van der Waals surface area contributed by atoms with E-state index in [4.69, 9.17) is 4.74 Å². The topological polar surface area (TPSA) is 63.7 Å². The quantitative estimate of drug-likeness (QED) is 0.827. The lowest BCUT2D eigenvalue weighted by Crippen LogP contribution is -1.89. The number of nitrogens with zero attached hydrogens (tertiary/aromatic N) is 3. The molecule has 0 atom stereocenters. The zero-order valence-electron chi connectivity index (χ0n) is 8.95. The molecule has 0 unspecified atom stereocenters. The lowest BCUT2D eigenvalue weighted by atomic mass is 10.2. The molecule has 2 heterocycles. The van der Waals surface area contributed by atoms with E-state index in [0.29, 0.717) is 11.5 Å². The number of hydrogen-bond donors (Lipinski definition) is 1. The molecular weight excluding hydrogens is 192 g/mol. The van der Waals surface area contributed by atoms with Gasteiger partial charge in [-0.15, -0.1) is 0 Å². The first-order valence-electron chi connectivity index (χ1n) is 5.08. The summed E-state index contributed by atoms with van der Waals surface area (Å²) >= 11 is 0. The number of H-pyrrole nitrogens is 1. The van der Waals surface area contributed by atoms with Crippen molar-refractivity contribution >= 4 is 11.2 Å². The molecule has 0 saturated heterocycles. The van der Waals surface area contributed by atoms with Gasteiger partial charge in [-0.25, -0.2) is 9.97 Å². The van der Waals surface area contributed by atoms with Crippen molar-refractivity contribution in [1.82, 2.24) is 19.9 Å². The van der Waals surface area contributed by atoms with Crippen molar-refractivity contribution in [2.75, 3.05) is 7.11 Å². The van der Waals surface area contributed by atoms with Crippen molar-refractivity contribution in [3.8, 4) is 5.88 Å². The van der Waals surface area contributed by atoms with Gasteiger partial charge in [0.05, 0.1) is 7.11 Å². The van der Waals surface area contributed by atoms with Gasteiger partial charge in [0.15, 0.2) is 5.65 Å². The standard InChI is InChI=1S/C10H14N4O/c1-3-4-5-7-13-8-9(14-7)11-6-12-10(8)15-2/h6H,3-5H2,1-2H3,(H,11,12,13,14). The van der Waals surface area contributed by atoms with E-state index in [2.05, 4.69) is 26.9 Å². The van der Waals surface area contributed by atoms with Crippen LogP contribution in [-0.4, -0.2) is 27.0 Å². The smallest absolute Gasteiger partial charge is 0.242 e. The number of hydrogen-bond acceptors (Lipinski definition) is 4. The van der Waals surface area contributed by atoms with E-state index in [0.717, 1.165) is 30.6 Å². The monoisotopic (exact) mass is 206 g/mol. The molecule has 2 aromatic heterocycles. The molecule has 0 aromatic carbocycles. The maximum Gasteiger partial charge on any atom is 0.242 e. The Morgan fingerprint density at radius 2 is 2.27 bits per heavy atom. The van der Waals surface area contributed by atoms with Crippen molar-refractivity contribution in [3.63, 3.8) is 0 Å². The fourth-order valence-electron chi connectivity index (χ4n) is 1.47. The molecule has 2 aromatic rings. The van der Waals surface area contributed by atoms with Gasteiger partial charge in [0.25, 0.3) is 0 Å². The van der Waals surface area contributed by atoms with Gasteiger partial charge in [-0.1, -0.05) is 13.3 Å². The predicted molar refractivity (Wildman–Crippen MR) is 56.8 cm³/mol. The van der Waals surface area contributed by atoms with Crippen LogP contribution in [0.15, 0.2) is 6.33 Å². The molecule has 5 nitrogen and oxygen atoms in total. The van der Waals surface area contributed by atoms with Gasteiger partial charge >= 0.3 is 0 Å². The summed E-state index contributed by atoms with van der Waals surface area (Å²) in [6.07, 6.45) is 4.68. The lowest BCUT2D eigenvalue weighted by Gasteiger charge is -1.96. The van der Waals surface area contributed by atoms with E-state index in [9.17, 15) is 0 Å². The summed E-state index contributed by atoms with van der Waals surface area (Å²) in [5, 5.41) is 0. The Morgan fingerprint density at radius 1 is 1.40 bits per heavy atom. The summed E-state index contributed by atoms with van der Waals surface area (Å²) in [6.45, 7) is 2.16. The van der Waals surface area contributed by atoms with Gasteiger partial charge in [-0.05, 0) is 6.42 Å². The Balaban J connectivity index is 2.37. The summed E-state index contributed by atoms with van der Waals surface area (Å²) in [5.41, 5.74) is 1.46. The van der Waals surface area contributed by atoms with Crippen molar-refractivity contribution in [2.45, 2.75) is 26.2 Å². The second kappa shape index (κ2) is 4.25. The Morgan fingerprint density at radius 3 is 3.00 bits per heavy atom. The van der Waals surface area contributed by atoms with Gasteiger partial charge in [0, 0.05) is 6.42 Å². The molecule has 1 N–H and O–H groups in total. The molecular formula is C10H14N4O. The average molecular weight is 206 g/mol. The van der Waals surface area contributed by atoms with Crippen LogP contribution in [0.5, 0.6) is 5.88 Å². The SMILES string of the molecule is CCCCc1nc2ncnc(OC)c2[nH]1. The van der Waals surface area contributed by atoms with Crippen molar-refractivity contribution in [1.29, 1.82) is 0 Å². The molecule has 0 aliphatic rings. The number of ether oxygens (including phenoxy) is 1. The first-order chi connectivity index (χ1) is 7.35. The van der Waals surface area contributed by atoms with Gasteiger partial charge < -0.3 is 9.72 Å². The lowest BCUT2D eigenvalue weighted by molar-refractivity contribution is 0.401. The van der Waals surface area contributed by atoms with Crippen LogP contribution in [0, 0.1) is 0 Å². The molecule has 0 saturated carbocycles. The minimum Gasteiger partial charge on any atom is -0.479 e. The summed E-state index contributed by atoms with van der Waals surface area (Å²) in [6, 6.07) is 0. The zero-order chi connectivity index (χ0) is 10.7. The van der Waals surface area contributed by atoms with E-state index in [-0.39, 0.29) is 0 Å². The third kappa shape index (κ3) is 1.91.